The van der Waals surface area contributed by atoms with Crippen LogP contribution in [0.25, 0.3) is 10.2 Å². The van der Waals surface area contributed by atoms with Gasteiger partial charge in [-0.1, -0.05) is 23.5 Å². The van der Waals surface area contributed by atoms with Gasteiger partial charge >= 0.3 is 0 Å². The Morgan fingerprint density at radius 1 is 1.03 bits per heavy atom. The third-order valence-corrected chi connectivity index (χ3v) is 8.87. The highest BCUT2D eigenvalue weighted by molar-refractivity contribution is 7.92. The number of amides is 1. The van der Waals surface area contributed by atoms with Crippen molar-refractivity contribution in [3.05, 3.63) is 83.7 Å². The normalized spacial score (nSPS) is 14.2. The number of benzene rings is 3. The number of aryl methyl sites for hydroxylation is 1. The van der Waals surface area contributed by atoms with E-state index in [1.165, 1.54) is 28.5 Å². The van der Waals surface area contributed by atoms with E-state index >= 15 is 0 Å². The molecule has 1 amide bonds. The summed E-state index contributed by atoms with van der Waals surface area (Å²) in [5, 5.41) is 3.97. The first-order chi connectivity index (χ1) is 18.3. The van der Waals surface area contributed by atoms with Crippen molar-refractivity contribution in [3.8, 4) is 0 Å². The van der Waals surface area contributed by atoms with Crippen LogP contribution in [0.1, 0.15) is 15.9 Å². The van der Waals surface area contributed by atoms with Gasteiger partial charge in [-0.3, -0.25) is 14.4 Å². The number of aromatic nitrogens is 1. The molecule has 2 N–H and O–H groups in total. The average molecular weight is 590 g/mol. The van der Waals surface area contributed by atoms with Crippen LogP contribution in [0.2, 0.25) is 0 Å². The highest BCUT2D eigenvalue weighted by Gasteiger charge is 2.20. The second-order valence-electron chi connectivity index (χ2n) is 9.19. The summed E-state index contributed by atoms with van der Waals surface area (Å²) < 4.78 is 41.9. The smallest absolute Gasteiger partial charge is 0.261 e. The Bertz CT molecular complexity index is 1560. The van der Waals surface area contributed by atoms with Gasteiger partial charge in [-0.2, -0.15) is 0 Å². The predicted octanol–water partition coefficient (Wildman–Crippen LogP) is 4.52. The van der Waals surface area contributed by atoms with E-state index in [1.54, 1.807) is 29.5 Å². The number of thiazole rings is 1. The second kappa shape index (κ2) is 12.3. The minimum Gasteiger partial charge on any atom is -0.351 e. The van der Waals surface area contributed by atoms with E-state index in [-0.39, 0.29) is 28.9 Å². The Hall–Kier alpha value is -3.25. The van der Waals surface area contributed by atoms with Crippen LogP contribution in [0, 0.1) is 12.7 Å². The molecule has 0 bridgehead atoms. The Balaban J connectivity index is 0.00000353. The van der Waals surface area contributed by atoms with Crippen molar-refractivity contribution in [2.75, 3.05) is 48.9 Å². The number of nitrogens with zero attached hydrogens (tertiary/aromatic N) is 3. The van der Waals surface area contributed by atoms with Crippen molar-refractivity contribution in [1.82, 2.24) is 15.2 Å². The zero-order chi connectivity index (χ0) is 26.7. The number of hydrogen-bond acceptors (Lipinski definition) is 7. The van der Waals surface area contributed by atoms with Crippen molar-refractivity contribution in [2.24, 2.45) is 0 Å². The molecule has 4 aromatic rings. The summed E-state index contributed by atoms with van der Waals surface area (Å²) >= 11 is 1.72. The van der Waals surface area contributed by atoms with E-state index in [9.17, 15) is 17.6 Å². The fourth-order valence-corrected chi connectivity index (χ4v) is 6.46. The number of sulfonamides is 1. The number of nitrogens with one attached hydrogen (secondary N) is 2. The van der Waals surface area contributed by atoms with E-state index in [0.29, 0.717) is 12.1 Å². The third kappa shape index (κ3) is 7.04. The molecule has 206 valence electrons. The summed E-state index contributed by atoms with van der Waals surface area (Å²) in [4.78, 5) is 22.0. The average Bonchev–Trinajstić information content (AvgIpc) is 3.32. The van der Waals surface area contributed by atoms with Gasteiger partial charge in [0.2, 0.25) is 0 Å². The Kier molecular flexibility index (Phi) is 9.06. The topological polar surface area (TPSA) is 94.6 Å². The summed E-state index contributed by atoms with van der Waals surface area (Å²) in [5.41, 5.74) is 2.87. The van der Waals surface area contributed by atoms with Gasteiger partial charge in [0.25, 0.3) is 15.9 Å². The maximum Gasteiger partial charge on any atom is 0.261 e. The van der Waals surface area contributed by atoms with E-state index in [0.717, 1.165) is 55.5 Å². The fraction of sp³-hybridized carbons (Fsp3) is 0.259. The molecule has 1 aliphatic rings. The second-order valence-corrected chi connectivity index (χ2v) is 11.9. The summed E-state index contributed by atoms with van der Waals surface area (Å²) in [5.74, 6) is -0.802. The molecule has 1 aromatic heterocycles. The zero-order valence-electron chi connectivity index (χ0n) is 21.3. The minimum atomic E-state index is -3.90. The standard InChI is InChI=1S/C27H28FN5O3S2.ClH/c1-19-5-10-24-25(17-19)37-27(30-24)33-15-13-32(14-16-33)12-11-29-26(34)20-3-2-4-22(18-20)31-38(35,36)23-8-6-21(28)7-9-23;/h2-10,17-18,31H,11-16H2,1H3,(H,29,34);1H. The molecule has 3 aromatic carbocycles. The van der Waals surface area contributed by atoms with Crippen molar-refractivity contribution in [2.45, 2.75) is 11.8 Å². The number of anilines is 2. The van der Waals surface area contributed by atoms with Crippen molar-refractivity contribution in [1.29, 1.82) is 0 Å². The van der Waals surface area contributed by atoms with Crippen LogP contribution in [0.15, 0.2) is 71.6 Å². The van der Waals surface area contributed by atoms with Crippen molar-refractivity contribution < 1.29 is 17.6 Å². The molecule has 0 spiro atoms. The number of halogens is 2. The minimum absolute atomic E-state index is 0. The fourth-order valence-electron chi connectivity index (χ4n) is 4.30. The van der Waals surface area contributed by atoms with Crippen molar-refractivity contribution >= 4 is 60.7 Å². The van der Waals surface area contributed by atoms with Crippen LogP contribution in [-0.2, 0) is 10.0 Å². The lowest BCUT2D eigenvalue weighted by atomic mass is 10.2. The van der Waals surface area contributed by atoms with Crippen LogP contribution in [0.3, 0.4) is 0 Å². The molecule has 0 saturated carbocycles. The van der Waals surface area contributed by atoms with Gasteiger partial charge in [0.1, 0.15) is 5.82 Å². The first kappa shape index (κ1) is 28.8. The summed E-state index contributed by atoms with van der Waals surface area (Å²) in [6.45, 7) is 6.80. The van der Waals surface area contributed by atoms with Gasteiger partial charge in [0.05, 0.1) is 15.1 Å². The van der Waals surface area contributed by atoms with E-state index < -0.39 is 15.8 Å². The van der Waals surface area contributed by atoms with Gasteiger partial charge in [0, 0.05) is 50.5 Å². The third-order valence-electron chi connectivity index (χ3n) is 6.39. The molecular formula is C27H29ClFN5O3S2. The number of piperazine rings is 1. The molecule has 1 fully saturated rings. The van der Waals surface area contributed by atoms with Gasteiger partial charge in [-0.25, -0.2) is 17.8 Å². The largest absolute Gasteiger partial charge is 0.351 e. The van der Waals surface area contributed by atoms with Crippen LogP contribution in [0.5, 0.6) is 0 Å². The van der Waals surface area contributed by atoms with Crippen LogP contribution in [0.4, 0.5) is 15.2 Å². The summed E-state index contributed by atoms with van der Waals surface area (Å²) in [6, 6.07) is 17.1. The molecular weight excluding hydrogens is 561 g/mol. The van der Waals surface area contributed by atoms with Gasteiger partial charge in [0.15, 0.2) is 5.13 Å². The van der Waals surface area contributed by atoms with E-state index in [4.69, 9.17) is 4.98 Å². The van der Waals surface area contributed by atoms with Crippen molar-refractivity contribution in [3.63, 3.8) is 0 Å². The SMILES string of the molecule is Cc1ccc2nc(N3CCN(CCNC(=O)c4cccc(NS(=O)(=O)c5ccc(F)cc5)c4)CC3)sc2c1.Cl. The van der Waals surface area contributed by atoms with Crippen LogP contribution < -0.4 is 14.9 Å². The number of fused-ring (bicyclic) bond motifs is 1. The predicted molar refractivity (Wildman–Crippen MR) is 156 cm³/mol. The molecule has 0 aliphatic carbocycles. The monoisotopic (exact) mass is 589 g/mol. The lowest BCUT2D eigenvalue weighted by molar-refractivity contribution is 0.0948. The quantitative estimate of drug-likeness (QED) is 0.314. The number of carbonyl (C=O) groups excluding carboxylic acids is 1. The number of carbonyl (C=O) groups is 1. The molecule has 12 heteroatoms. The van der Waals surface area contributed by atoms with Crippen LogP contribution >= 0.6 is 23.7 Å². The molecule has 0 atom stereocenters. The highest BCUT2D eigenvalue weighted by Crippen LogP contribution is 2.30. The van der Waals surface area contributed by atoms with Gasteiger partial charge < -0.3 is 10.2 Å². The van der Waals surface area contributed by atoms with Crippen LogP contribution in [-0.4, -0.2) is 63.5 Å². The molecule has 2 heterocycles. The highest BCUT2D eigenvalue weighted by atomic mass is 35.5. The first-order valence-electron chi connectivity index (χ1n) is 12.3. The summed E-state index contributed by atoms with van der Waals surface area (Å²) in [7, 11) is -3.90. The first-order valence-corrected chi connectivity index (χ1v) is 14.6. The lowest BCUT2D eigenvalue weighted by Gasteiger charge is -2.34. The molecule has 0 unspecified atom stereocenters. The molecule has 5 rings (SSSR count). The zero-order valence-corrected chi connectivity index (χ0v) is 23.7. The number of rotatable bonds is 8. The Morgan fingerprint density at radius 3 is 2.51 bits per heavy atom. The molecule has 8 nitrogen and oxygen atoms in total. The lowest BCUT2D eigenvalue weighted by Crippen LogP contribution is -2.48. The van der Waals surface area contributed by atoms with Gasteiger partial charge in [-0.05, 0) is 67.1 Å². The molecule has 0 radical (unpaired) electrons. The van der Waals surface area contributed by atoms with E-state index in [2.05, 4.69) is 45.0 Å². The maximum absolute atomic E-state index is 13.1. The maximum atomic E-state index is 13.1. The van der Waals surface area contributed by atoms with Gasteiger partial charge in [-0.15, -0.1) is 12.4 Å². The Morgan fingerprint density at radius 2 is 1.77 bits per heavy atom. The number of hydrogen-bond donors (Lipinski definition) is 2. The summed E-state index contributed by atoms with van der Waals surface area (Å²) in [6.07, 6.45) is 0. The molecule has 1 saturated heterocycles. The molecule has 39 heavy (non-hydrogen) atoms. The van der Waals surface area contributed by atoms with E-state index in [1.807, 2.05) is 0 Å². The Labute approximate surface area is 237 Å². The molecule has 1 aliphatic heterocycles.